The summed E-state index contributed by atoms with van der Waals surface area (Å²) < 4.78 is 0. The summed E-state index contributed by atoms with van der Waals surface area (Å²) in [6, 6.07) is 5.57. The monoisotopic (exact) mass is 276 g/mol. The fourth-order valence-corrected chi connectivity index (χ4v) is 3.74. The standard InChI is InChI=1S/C12H14Cl2OS/c1-8-5-12(15,7-16-8)6-9-3-2-4-10(13)11(9)14/h2-4,8,15H,5-7H2,1H3. The summed E-state index contributed by atoms with van der Waals surface area (Å²) in [5, 5.41) is 12.1. The number of halogens is 2. The van der Waals surface area contributed by atoms with E-state index in [0.717, 1.165) is 17.7 Å². The molecule has 2 rings (SSSR count). The summed E-state index contributed by atoms with van der Waals surface area (Å²) in [5.74, 6) is 0.775. The lowest BCUT2D eigenvalue weighted by molar-refractivity contribution is 0.0643. The van der Waals surface area contributed by atoms with Crippen molar-refractivity contribution >= 4 is 35.0 Å². The molecule has 1 heterocycles. The normalized spacial score (nSPS) is 29.6. The van der Waals surface area contributed by atoms with Crippen molar-refractivity contribution in [1.82, 2.24) is 0 Å². The van der Waals surface area contributed by atoms with Gasteiger partial charge in [0.15, 0.2) is 0 Å². The van der Waals surface area contributed by atoms with Crippen molar-refractivity contribution in [3.05, 3.63) is 33.8 Å². The van der Waals surface area contributed by atoms with Crippen LogP contribution in [0.4, 0.5) is 0 Å². The zero-order valence-corrected chi connectivity index (χ0v) is 11.4. The largest absolute Gasteiger partial charge is 0.389 e. The highest BCUT2D eigenvalue weighted by Crippen LogP contribution is 2.38. The molecule has 1 fully saturated rings. The molecule has 4 heteroatoms. The molecule has 1 aliphatic rings. The van der Waals surface area contributed by atoms with Gasteiger partial charge in [0.1, 0.15) is 0 Å². The number of hydrogen-bond donors (Lipinski definition) is 1. The third kappa shape index (κ3) is 2.67. The highest BCUT2D eigenvalue weighted by molar-refractivity contribution is 8.00. The molecule has 1 nitrogen and oxygen atoms in total. The van der Waals surface area contributed by atoms with Crippen LogP contribution in [0.3, 0.4) is 0 Å². The van der Waals surface area contributed by atoms with E-state index < -0.39 is 5.60 Å². The van der Waals surface area contributed by atoms with Crippen molar-refractivity contribution in [1.29, 1.82) is 0 Å². The van der Waals surface area contributed by atoms with Gasteiger partial charge in [0, 0.05) is 17.4 Å². The maximum atomic E-state index is 10.4. The van der Waals surface area contributed by atoms with E-state index in [-0.39, 0.29) is 0 Å². The molecule has 0 saturated carbocycles. The van der Waals surface area contributed by atoms with Gasteiger partial charge in [-0.3, -0.25) is 0 Å². The minimum absolute atomic E-state index is 0.517. The van der Waals surface area contributed by atoms with Crippen LogP contribution in [0.15, 0.2) is 18.2 Å². The predicted molar refractivity (Wildman–Crippen MR) is 71.7 cm³/mol. The minimum atomic E-state index is -0.627. The van der Waals surface area contributed by atoms with E-state index >= 15 is 0 Å². The van der Waals surface area contributed by atoms with Crippen LogP contribution in [0.5, 0.6) is 0 Å². The molecule has 1 aromatic rings. The highest BCUT2D eigenvalue weighted by Gasteiger charge is 2.36. The van der Waals surface area contributed by atoms with Crippen LogP contribution in [0.2, 0.25) is 10.0 Å². The van der Waals surface area contributed by atoms with Gasteiger partial charge in [-0.15, -0.1) is 0 Å². The molecule has 0 spiro atoms. The molecule has 0 aromatic heterocycles. The van der Waals surface area contributed by atoms with Crippen molar-refractivity contribution in [2.45, 2.75) is 30.6 Å². The smallest absolute Gasteiger partial charge is 0.0788 e. The molecule has 1 saturated heterocycles. The summed E-state index contributed by atoms with van der Waals surface area (Å²) in [5.41, 5.74) is 0.310. The fourth-order valence-electron chi connectivity index (χ4n) is 2.11. The molecule has 1 aliphatic heterocycles. The fraction of sp³-hybridized carbons (Fsp3) is 0.500. The van der Waals surface area contributed by atoms with Crippen LogP contribution < -0.4 is 0 Å². The third-order valence-corrected chi connectivity index (χ3v) is 5.15. The second kappa shape index (κ2) is 4.77. The molecular formula is C12H14Cl2OS. The Morgan fingerprint density at radius 1 is 1.50 bits per heavy atom. The third-order valence-electron chi connectivity index (χ3n) is 2.86. The average Bonchev–Trinajstić information content (AvgIpc) is 2.54. The first-order valence-corrected chi connectivity index (χ1v) is 7.07. The number of rotatable bonds is 2. The van der Waals surface area contributed by atoms with E-state index in [2.05, 4.69) is 6.92 Å². The zero-order valence-electron chi connectivity index (χ0n) is 9.04. The Hall–Kier alpha value is 0.110. The molecule has 2 atom stereocenters. The van der Waals surface area contributed by atoms with E-state index in [1.807, 2.05) is 23.9 Å². The van der Waals surface area contributed by atoms with Crippen LogP contribution in [-0.4, -0.2) is 21.7 Å². The maximum Gasteiger partial charge on any atom is 0.0788 e. The molecule has 1 aromatic carbocycles. The predicted octanol–water partition coefficient (Wildman–Crippen LogP) is 3.79. The van der Waals surface area contributed by atoms with Crippen LogP contribution >= 0.6 is 35.0 Å². The lowest BCUT2D eigenvalue weighted by Crippen LogP contribution is -2.31. The van der Waals surface area contributed by atoms with Crippen LogP contribution in [0.25, 0.3) is 0 Å². The van der Waals surface area contributed by atoms with Gasteiger partial charge in [-0.05, 0) is 18.1 Å². The van der Waals surface area contributed by atoms with Crippen molar-refractivity contribution < 1.29 is 5.11 Å². The van der Waals surface area contributed by atoms with E-state index in [0.29, 0.717) is 21.7 Å². The van der Waals surface area contributed by atoms with Crippen molar-refractivity contribution in [2.75, 3.05) is 5.75 Å². The average molecular weight is 277 g/mol. The summed E-state index contributed by atoms with van der Waals surface area (Å²) in [6.07, 6.45) is 1.41. The van der Waals surface area contributed by atoms with Gasteiger partial charge in [-0.2, -0.15) is 11.8 Å². The van der Waals surface area contributed by atoms with E-state index in [1.165, 1.54) is 0 Å². The zero-order chi connectivity index (χ0) is 11.8. The molecule has 0 bridgehead atoms. The van der Waals surface area contributed by atoms with E-state index in [4.69, 9.17) is 23.2 Å². The maximum absolute atomic E-state index is 10.4. The van der Waals surface area contributed by atoms with E-state index in [9.17, 15) is 5.11 Å². The molecule has 88 valence electrons. The first-order chi connectivity index (χ1) is 7.50. The Kier molecular flexibility index (Phi) is 3.75. The Bertz CT molecular complexity index is 397. The van der Waals surface area contributed by atoms with Crippen molar-refractivity contribution in [2.24, 2.45) is 0 Å². The first kappa shape index (κ1) is 12.6. The van der Waals surface area contributed by atoms with Gasteiger partial charge < -0.3 is 5.11 Å². The number of aliphatic hydroxyl groups is 1. The highest BCUT2D eigenvalue weighted by atomic mass is 35.5. The quantitative estimate of drug-likeness (QED) is 0.887. The molecule has 0 radical (unpaired) electrons. The Morgan fingerprint density at radius 3 is 2.88 bits per heavy atom. The molecule has 16 heavy (non-hydrogen) atoms. The molecule has 0 aliphatic carbocycles. The number of hydrogen-bond acceptors (Lipinski definition) is 2. The van der Waals surface area contributed by atoms with E-state index in [1.54, 1.807) is 6.07 Å². The van der Waals surface area contributed by atoms with Crippen LogP contribution in [-0.2, 0) is 6.42 Å². The van der Waals surface area contributed by atoms with Gasteiger partial charge >= 0.3 is 0 Å². The van der Waals surface area contributed by atoms with Crippen molar-refractivity contribution in [3.8, 4) is 0 Å². The molecule has 1 N–H and O–H groups in total. The van der Waals surface area contributed by atoms with Crippen LogP contribution in [0, 0.1) is 0 Å². The molecular weight excluding hydrogens is 263 g/mol. The van der Waals surface area contributed by atoms with Crippen LogP contribution in [0.1, 0.15) is 18.9 Å². The lowest BCUT2D eigenvalue weighted by atomic mass is 9.92. The SMILES string of the molecule is CC1CC(O)(Cc2cccc(Cl)c2Cl)CS1. The number of thioether (sulfide) groups is 1. The minimum Gasteiger partial charge on any atom is -0.389 e. The second-order valence-corrected chi connectivity index (χ2v) is 6.65. The molecule has 2 unspecified atom stereocenters. The Morgan fingerprint density at radius 2 is 2.25 bits per heavy atom. The second-order valence-electron chi connectivity index (χ2n) is 4.44. The van der Waals surface area contributed by atoms with Gasteiger partial charge in [0.2, 0.25) is 0 Å². The Labute approximate surface area is 110 Å². The summed E-state index contributed by atoms with van der Waals surface area (Å²) >= 11 is 13.9. The van der Waals surface area contributed by atoms with Gasteiger partial charge in [0.25, 0.3) is 0 Å². The molecule has 0 amide bonds. The summed E-state index contributed by atoms with van der Waals surface area (Å²) in [4.78, 5) is 0. The van der Waals surface area contributed by atoms with Gasteiger partial charge in [-0.25, -0.2) is 0 Å². The van der Waals surface area contributed by atoms with Gasteiger partial charge in [-0.1, -0.05) is 42.3 Å². The Balaban J connectivity index is 2.18. The number of benzene rings is 1. The summed E-state index contributed by atoms with van der Waals surface area (Å²) in [7, 11) is 0. The van der Waals surface area contributed by atoms with Crippen molar-refractivity contribution in [3.63, 3.8) is 0 Å². The first-order valence-electron chi connectivity index (χ1n) is 5.27. The topological polar surface area (TPSA) is 20.2 Å². The summed E-state index contributed by atoms with van der Waals surface area (Å²) in [6.45, 7) is 2.14. The van der Waals surface area contributed by atoms with Gasteiger partial charge in [0.05, 0.1) is 15.6 Å². The lowest BCUT2D eigenvalue weighted by Gasteiger charge is -2.22.